The van der Waals surface area contributed by atoms with Crippen LogP contribution in [0, 0.1) is 13.8 Å². The van der Waals surface area contributed by atoms with E-state index in [9.17, 15) is 4.79 Å². The van der Waals surface area contributed by atoms with Gasteiger partial charge < -0.3 is 9.64 Å². The fourth-order valence-electron chi connectivity index (χ4n) is 2.56. The molecule has 1 aromatic heterocycles. The standard InChI is InChI=1S/C17H23N3O2/c1-6-20-13(3)16(12(2)18-20)11-19(4)17(21)14-8-7-9-15(10-14)22-5/h7-10H,6,11H2,1-5H3. The van der Waals surface area contributed by atoms with Gasteiger partial charge in [-0.25, -0.2) is 0 Å². The van der Waals surface area contributed by atoms with E-state index in [2.05, 4.69) is 12.0 Å². The first-order valence-electron chi connectivity index (χ1n) is 7.40. The zero-order valence-corrected chi connectivity index (χ0v) is 13.9. The van der Waals surface area contributed by atoms with E-state index >= 15 is 0 Å². The average Bonchev–Trinajstić information content (AvgIpc) is 2.81. The highest BCUT2D eigenvalue weighted by molar-refractivity contribution is 5.94. The first-order chi connectivity index (χ1) is 10.5. The third-order valence-corrected chi connectivity index (χ3v) is 3.89. The van der Waals surface area contributed by atoms with Crippen LogP contribution in [-0.2, 0) is 13.1 Å². The first kappa shape index (κ1) is 16.1. The van der Waals surface area contributed by atoms with E-state index in [1.54, 1.807) is 24.1 Å². The van der Waals surface area contributed by atoms with E-state index in [0.717, 1.165) is 23.5 Å². The molecule has 22 heavy (non-hydrogen) atoms. The molecule has 0 N–H and O–H groups in total. The maximum Gasteiger partial charge on any atom is 0.254 e. The molecule has 118 valence electrons. The maximum absolute atomic E-state index is 12.6. The van der Waals surface area contributed by atoms with Gasteiger partial charge >= 0.3 is 0 Å². The Morgan fingerprint density at radius 3 is 2.68 bits per heavy atom. The van der Waals surface area contributed by atoms with Gasteiger partial charge in [0.2, 0.25) is 0 Å². The van der Waals surface area contributed by atoms with Crippen molar-refractivity contribution in [2.75, 3.05) is 14.2 Å². The Bertz CT molecular complexity index is 677. The smallest absolute Gasteiger partial charge is 0.254 e. The van der Waals surface area contributed by atoms with Crippen LogP contribution < -0.4 is 4.74 Å². The SMILES string of the molecule is CCn1nc(C)c(CN(C)C(=O)c2cccc(OC)c2)c1C. The summed E-state index contributed by atoms with van der Waals surface area (Å²) in [5.41, 5.74) is 3.83. The number of carbonyl (C=O) groups excluding carboxylic acids is 1. The number of aryl methyl sites for hydroxylation is 2. The van der Waals surface area contributed by atoms with Crippen LogP contribution in [0.2, 0.25) is 0 Å². The minimum atomic E-state index is -0.0260. The second-order valence-electron chi connectivity index (χ2n) is 5.36. The van der Waals surface area contributed by atoms with Crippen LogP contribution in [0.25, 0.3) is 0 Å². The van der Waals surface area contributed by atoms with Gasteiger partial charge in [-0.2, -0.15) is 5.10 Å². The lowest BCUT2D eigenvalue weighted by molar-refractivity contribution is 0.0784. The summed E-state index contributed by atoms with van der Waals surface area (Å²) in [4.78, 5) is 14.3. The van der Waals surface area contributed by atoms with Crippen LogP contribution in [0.5, 0.6) is 5.75 Å². The fraction of sp³-hybridized carbons (Fsp3) is 0.412. The van der Waals surface area contributed by atoms with Crippen LogP contribution >= 0.6 is 0 Å². The number of aromatic nitrogens is 2. The van der Waals surface area contributed by atoms with Gasteiger partial charge in [0.15, 0.2) is 0 Å². The summed E-state index contributed by atoms with van der Waals surface area (Å²) in [7, 11) is 3.41. The predicted molar refractivity (Wildman–Crippen MR) is 86.2 cm³/mol. The topological polar surface area (TPSA) is 47.4 Å². The lowest BCUT2D eigenvalue weighted by Crippen LogP contribution is -2.26. The molecule has 0 spiro atoms. The molecule has 0 saturated carbocycles. The molecule has 0 unspecified atom stereocenters. The Balaban J connectivity index is 2.19. The summed E-state index contributed by atoms with van der Waals surface area (Å²) in [6.45, 7) is 7.48. The third kappa shape index (κ3) is 3.13. The number of rotatable bonds is 5. The van der Waals surface area contributed by atoms with Gasteiger partial charge in [0.1, 0.15) is 5.75 Å². The Morgan fingerprint density at radius 2 is 2.09 bits per heavy atom. The molecular formula is C17H23N3O2. The highest BCUT2D eigenvalue weighted by atomic mass is 16.5. The number of hydrogen-bond acceptors (Lipinski definition) is 3. The zero-order valence-electron chi connectivity index (χ0n) is 13.9. The Morgan fingerprint density at radius 1 is 1.36 bits per heavy atom. The van der Waals surface area contributed by atoms with Gasteiger partial charge in [-0.1, -0.05) is 6.07 Å². The van der Waals surface area contributed by atoms with Crippen molar-refractivity contribution in [1.29, 1.82) is 0 Å². The molecule has 0 aliphatic rings. The molecule has 1 aromatic carbocycles. The number of benzene rings is 1. The molecule has 1 heterocycles. The number of methoxy groups -OCH3 is 1. The molecule has 2 aromatic rings. The molecule has 0 fully saturated rings. The van der Waals surface area contributed by atoms with E-state index in [0.29, 0.717) is 17.9 Å². The van der Waals surface area contributed by atoms with Crippen LogP contribution in [0.15, 0.2) is 24.3 Å². The van der Waals surface area contributed by atoms with E-state index < -0.39 is 0 Å². The van der Waals surface area contributed by atoms with Crippen LogP contribution in [0.3, 0.4) is 0 Å². The molecular weight excluding hydrogens is 278 g/mol. The lowest BCUT2D eigenvalue weighted by Gasteiger charge is -2.18. The van der Waals surface area contributed by atoms with Crippen LogP contribution in [-0.4, -0.2) is 34.7 Å². The van der Waals surface area contributed by atoms with Crippen molar-refractivity contribution in [2.24, 2.45) is 0 Å². The first-order valence-corrected chi connectivity index (χ1v) is 7.40. The van der Waals surface area contributed by atoms with Crippen molar-refractivity contribution in [2.45, 2.75) is 33.9 Å². The molecule has 5 nitrogen and oxygen atoms in total. The molecule has 0 bridgehead atoms. The molecule has 5 heteroatoms. The van der Waals surface area contributed by atoms with E-state index in [1.165, 1.54) is 0 Å². The fourth-order valence-corrected chi connectivity index (χ4v) is 2.56. The molecule has 0 saturated heterocycles. The molecule has 0 aliphatic carbocycles. The van der Waals surface area contributed by atoms with Crippen molar-refractivity contribution >= 4 is 5.91 Å². The van der Waals surface area contributed by atoms with Gasteiger partial charge in [0.25, 0.3) is 5.91 Å². The monoisotopic (exact) mass is 301 g/mol. The van der Waals surface area contributed by atoms with Gasteiger partial charge in [-0.3, -0.25) is 9.48 Å². The van der Waals surface area contributed by atoms with Crippen molar-refractivity contribution < 1.29 is 9.53 Å². The largest absolute Gasteiger partial charge is 0.497 e. The third-order valence-electron chi connectivity index (χ3n) is 3.89. The van der Waals surface area contributed by atoms with E-state index in [1.807, 2.05) is 37.7 Å². The Kier molecular flexibility index (Phi) is 4.85. The predicted octanol–water partition coefficient (Wildman–Crippen LogP) is 2.80. The lowest BCUT2D eigenvalue weighted by atomic mass is 10.1. The Labute approximate surface area is 131 Å². The summed E-state index contributed by atoms with van der Waals surface area (Å²) in [5.74, 6) is 0.660. The highest BCUT2D eigenvalue weighted by Crippen LogP contribution is 2.18. The second-order valence-corrected chi connectivity index (χ2v) is 5.36. The number of amides is 1. The second kappa shape index (κ2) is 6.64. The molecule has 2 rings (SSSR count). The Hall–Kier alpha value is -2.30. The summed E-state index contributed by atoms with van der Waals surface area (Å²) < 4.78 is 7.14. The maximum atomic E-state index is 12.6. The van der Waals surface area contributed by atoms with E-state index in [4.69, 9.17) is 4.74 Å². The number of carbonyl (C=O) groups is 1. The zero-order chi connectivity index (χ0) is 16.3. The molecule has 0 aliphatic heterocycles. The summed E-state index contributed by atoms with van der Waals surface area (Å²) >= 11 is 0. The minimum Gasteiger partial charge on any atom is -0.497 e. The van der Waals surface area contributed by atoms with Crippen molar-refractivity contribution in [3.8, 4) is 5.75 Å². The van der Waals surface area contributed by atoms with Crippen LogP contribution in [0.4, 0.5) is 0 Å². The van der Waals surface area contributed by atoms with Gasteiger partial charge in [0, 0.05) is 37.0 Å². The highest BCUT2D eigenvalue weighted by Gasteiger charge is 2.17. The quantitative estimate of drug-likeness (QED) is 0.853. The average molecular weight is 301 g/mol. The van der Waals surface area contributed by atoms with Crippen molar-refractivity contribution in [3.63, 3.8) is 0 Å². The number of nitrogens with zero attached hydrogens (tertiary/aromatic N) is 3. The number of hydrogen-bond donors (Lipinski definition) is 0. The van der Waals surface area contributed by atoms with Crippen LogP contribution in [0.1, 0.15) is 34.2 Å². The summed E-state index contributed by atoms with van der Waals surface area (Å²) in [6, 6.07) is 7.21. The normalized spacial score (nSPS) is 10.6. The molecule has 0 atom stereocenters. The summed E-state index contributed by atoms with van der Waals surface area (Å²) in [6.07, 6.45) is 0. The van der Waals surface area contributed by atoms with Gasteiger partial charge in [-0.15, -0.1) is 0 Å². The molecule has 0 radical (unpaired) electrons. The number of ether oxygens (including phenoxy) is 1. The van der Waals surface area contributed by atoms with Crippen molar-refractivity contribution in [3.05, 3.63) is 46.8 Å². The minimum absolute atomic E-state index is 0.0260. The van der Waals surface area contributed by atoms with Gasteiger partial charge in [0.05, 0.1) is 12.8 Å². The molecule has 1 amide bonds. The van der Waals surface area contributed by atoms with E-state index in [-0.39, 0.29) is 5.91 Å². The van der Waals surface area contributed by atoms with Gasteiger partial charge in [-0.05, 0) is 39.0 Å². The summed E-state index contributed by atoms with van der Waals surface area (Å²) in [5, 5.41) is 4.50. The van der Waals surface area contributed by atoms with Crippen molar-refractivity contribution in [1.82, 2.24) is 14.7 Å².